The van der Waals surface area contributed by atoms with Crippen LogP contribution in [0.25, 0.3) is 32.7 Å². The number of nitrogens with one attached hydrogen (secondary N) is 2. The van der Waals surface area contributed by atoms with Gasteiger partial charge in [-0.1, -0.05) is 10.6 Å². The Bertz CT molecular complexity index is 747. The number of fused-ring (bicyclic) bond motifs is 1. The molecule has 19 heavy (non-hydrogen) atoms. The molecular formula is C12H8N6S. The fraction of sp³-hybridized carbons (Fsp3) is 0. The summed E-state index contributed by atoms with van der Waals surface area (Å²) in [7, 11) is 0. The van der Waals surface area contributed by atoms with E-state index in [1.54, 1.807) is 12.4 Å². The molecule has 6 nitrogen and oxygen atoms in total. The van der Waals surface area contributed by atoms with Gasteiger partial charge >= 0.3 is 0 Å². The average Bonchev–Trinajstić information content (AvgIpc) is 3.19. The molecule has 2 N–H and O–H groups in total. The van der Waals surface area contributed by atoms with E-state index in [9.17, 15) is 0 Å². The van der Waals surface area contributed by atoms with E-state index in [0.717, 1.165) is 32.7 Å². The molecule has 0 radical (unpaired) electrons. The predicted octanol–water partition coefficient (Wildman–Crippen LogP) is 2.47. The summed E-state index contributed by atoms with van der Waals surface area (Å²) in [5.41, 5.74) is 4.63. The molecule has 0 aliphatic carbocycles. The van der Waals surface area contributed by atoms with Crippen LogP contribution in [0.1, 0.15) is 0 Å². The molecule has 0 saturated carbocycles. The van der Waals surface area contributed by atoms with Crippen molar-refractivity contribution >= 4 is 21.7 Å². The molecule has 0 spiro atoms. The number of rotatable bonds is 2. The number of benzene rings is 1. The van der Waals surface area contributed by atoms with Crippen LogP contribution in [-0.2, 0) is 0 Å². The van der Waals surface area contributed by atoms with Crippen LogP contribution in [0.2, 0.25) is 0 Å². The first-order valence-corrected chi connectivity index (χ1v) is 6.46. The van der Waals surface area contributed by atoms with Gasteiger partial charge in [0.1, 0.15) is 5.52 Å². The van der Waals surface area contributed by atoms with Crippen LogP contribution in [0, 0.1) is 0 Å². The number of aromatic nitrogens is 6. The fourth-order valence-electron chi connectivity index (χ4n) is 2.09. The normalized spacial score (nSPS) is 11.2. The topological polar surface area (TPSA) is 83.1 Å². The smallest absolute Gasteiger partial charge is 0.116 e. The zero-order valence-corrected chi connectivity index (χ0v) is 10.5. The largest absolute Gasteiger partial charge is 0.285 e. The number of nitrogens with zero attached hydrogens (tertiary/aromatic N) is 4. The third kappa shape index (κ3) is 1.55. The van der Waals surface area contributed by atoms with Crippen molar-refractivity contribution < 1.29 is 0 Å². The summed E-state index contributed by atoms with van der Waals surface area (Å²) in [5.74, 6) is 0. The van der Waals surface area contributed by atoms with Gasteiger partial charge in [-0.05, 0) is 29.7 Å². The molecule has 0 aliphatic rings. The third-order valence-corrected chi connectivity index (χ3v) is 3.72. The highest BCUT2D eigenvalue weighted by atomic mass is 32.1. The van der Waals surface area contributed by atoms with Crippen molar-refractivity contribution in [1.82, 2.24) is 30.0 Å². The van der Waals surface area contributed by atoms with Crippen molar-refractivity contribution in [2.24, 2.45) is 0 Å². The Labute approximate surface area is 111 Å². The van der Waals surface area contributed by atoms with Gasteiger partial charge in [0.2, 0.25) is 0 Å². The van der Waals surface area contributed by atoms with E-state index in [1.165, 1.54) is 11.5 Å². The summed E-state index contributed by atoms with van der Waals surface area (Å²) in [6.07, 6.45) is 3.60. The molecule has 0 saturated heterocycles. The molecule has 0 amide bonds. The van der Waals surface area contributed by atoms with Gasteiger partial charge in [0.25, 0.3) is 0 Å². The lowest BCUT2D eigenvalue weighted by atomic mass is 10.1. The monoisotopic (exact) mass is 268 g/mol. The van der Waals surface area contributed by atoms with Gasteiger partial charge < -0.3 is 0 Å². The zero-order valence-electron chi connectivity index (χ0n) is 9.66. The van der Waals surface area contributed by atoms with E-state index in [-0.39, 0.29) is 0 Å². The van der Waals surface area contributed by atoms with Gasteiger partial charge in [-0.2, -0.15) is 10.2 Å². The predicted molar refractivity (Wildman–Crippen MR) is 72.6 cm³/mol. The van der Waals surface area contributed by atoms with Crippen molar-refractivity contribution in [2.75, 3.05) is 0 Å². The molecular weight excluding hydrogens is 260 g/mol. The van der Waals surface area contributed by atoms with Crippen molar-refractivity contribution in [3.8, 4) is 22.5 Å². The van der Waals surface area contributed by atoms with Crippen LogP contribution < -0.4 is 0 Å². The second-order valence-corrected chi connectivity index (χ2v) is 4.78. The molecule has 0 fully saturated rings. The maximum atomic E-state index is 4.22. The van der Waals surface area contributed by atoms with E-state index < -0.39 is 0 Å². The molecule has 7 heteroatoms. The van der Waals surface area contributed by atoms with E-state index >= 15 is 0 Å². The van der Waals surface area contributed by atoms with Crippen LogP contribution in [0.4, 0.5) is 0 Å². The van der Waals surface area contributed by atoms with Crippen molar-refractivity contribution in [2.45, 2.75) is 0 Å². The van der Waals surface area contributed by atoms with Gasteiger partial charge in [-0.3, -0.25) is 10.2 Å². The number of hydrogen-bond acceptors (Lipinski definition) is 5. The average molecular weight is 268 g/mol. The second kappa shape index (κ2) is 3.99. The van der Waals surface area contributed by atoms with Crippen molar-refractivity contribution in [1.29, 1.82) is 0 Å². The zero-order chi connectivity index (χ0) is 12.7. The molecule has 0 unspecified atom stereocenters. The molecule has 0 aliphatic heterocycles. The number of aromatic amines is 2. The van der Waals surface area contributed by atoms with Crippen LogP contribution >= 0.6 is 11.5 Å². The first kappa shape index (κ1) is 10.4. The minimum atomic E-state index is 0.859. The summed E-state index contributed by atoms with van der Waals surface area (Å²) in [6.45, 7) is 0. The number of H-pyrrole nitrogens is 2. The summed E-state index contributed by atoms with van der Waals surface area (Å²) in [5, 5.41) is 18.3. The highest BCUT2D eigenvalue weighted by Crippen LogP contribution is 2.34. The Morgan fingerprint density at radius 2 is 1.53 bits per heavy atom. The summed E-state index contributed by atoms with van der Waals surface area (Å²) >= 11 is 1.37. The van der Waals surface area contributed by atoms with Crippen LogP contribution in [0.5, 0.6) is 0 Å². The van der Waals surface area contributed by atoms with Crippen molar-refractivity contribution in [3.63, 3.8) is 0 Å². The summed E-state index contributed by atoms with van der Waals surface area (Å²) in [6, 6.07) is 7.89. The Hall–Kier alpha value is -2.54. The third-order valence-electron chi connectivity index (χ3n) is 2.96. The maximum Gasteiger partial charge on any atom is 0.116 e. The van der Waals surface area contributed by atoms with E-state index in [2.05, 4.69) is 30.0 Å². The quantitative estimate of drug-likeness (QED) is 0.585. The molecule has 1 aromatic carbocycles. The molecule has 4 rings (SSSR count). The van der Waals surface area contributed by atoms with Crippen molar-refractivity contribution in [3.05, 3.63) is 36.7 Å². The lowest BCUT2D eigenvalue weighted by Gasteiger charge is -2.01. The minimum absolute atomic E-state index is 0.859. The summed E-state index contributed by atoms with van der Waals surface area (Å²) < 4.78 is 5.08. The Balaban J connectivity index is 2.01. The van der Waals surface area contributed by atoms with Gasteiger partial charge in [-0.25, -0.2) is 0 Å². The molecule has 3 aromatic heterocycles. The minimum Gasteiger partial charge on any atom is -0.285 e. The molecule has 92 valence electrons. The molecule has 0 bridgehead atoms. The van der Waals surface area contributed by atoms with Crippen LogP contribution in [0.15, 0.2) is 36.7 Å². The standard InChI is InChI=1S/C12H8N6S/c1-2-8(10-4-6-14-16-10)12-11(17-18-19-12)7(1)9-3-5-13-15-9/h1-6H,(H,13,15)(H,14,16). The number of hydrogen-bond donors (Lipinski definition) is 2. The fourth-order valence-corrected chi connectivity index (χ4v) is 2.81. The van der Waals surface area contributed by atoms with E-state index in [1.807, 2.05) is 24.3 Å². The first-order chi connectivity index (χ1) is 9.43. The van der Waals surface area contributed by atoms with Crippen LogP contribution in [-0.4, -0.2) is 30.0 Å². The van der Waals surface area contributed by atoms with Crippen LogP contribution in [0.3, 0.4) is 0 Å². The Morgan fingerprint density at radius 3 is 2.21 bits per heavy atom. The first-order valence-electron chi connectivity index (χ1n) is 5.69. The highest BCUT2D eigenvalue weighted by Gasteiger charge is 2.14. The van der Waals surface area contributed by atoms with Gasteiger partial charge in [0.05, 0.1) is 16.1 Å². The summed E-state index contributed by atoms with van der Waals surface area (Å²) in [4.78, 5) is 0. The Morgan fingerprint density at radius 1 is 0.842 bits per heavy atom. The van der Waals surface area contributed by atoms with E-state index in [4.69, 9.17) is 0 Å². The van der Waals surface area contributed by atoms with Gasteiger partial charge in [-0.15, -0.1) is 5.10 Å². The lowest BCUT2D eigenvalue weighted by molar-refractivity contribution is 1.09. The van der Waals surface area contributed by atoms with Gasteiger partial charge in [0, 0.05) is 23.5 Å². The van der Waals surface area contributed by atoms with Gasteiger partial charge in [0.15, 0.2) is 0 Å². The SMILES string of the molecule is c1cc(-c2ccc(-c3cc[nH]n3)c3snnc23)n[nH]1. The molecule has 4 aromatic rings. The van der Waals surface area contributed by atoms with E-state index in [0.29, 0.717) is 0 Å². The second-order valence-electron chi connectivity index (χ2n) is 4.03. The maximum absolute atomic E-state index is 4.22. The highest BCUT2D eigenvalue weighted by molar-refractivity contribution is 7.13. The molecule has 3 heterocycles. The lowest BCUT2D eigenvalue weighted by Crippen LogP contribution is -1.85. The Kier molecular flexibility index (Phi) is 2.18. The molecule has 0 atom stereocenters.